The maximum atomic E-state index is 11.2. The Balaban J connectivity index is 1.26. The zero-order valence-electron chi connectivity index (χ0n) is 20.1. The molecule has 1 aromatic rings. The number of pyridine rings is 1. The van der Waals surface area contributed by atoms with Crippen LogP contribution in [0.15, 0.2) is 17.3 Å². The number of aromatic hydroxyl groups is 1. The fourth-order valence-corrected chi connectivity index (χ4v) is 4.53. The van der Waals surface area contributed by atoms with Crippen molar-refractivity contribution in [1.29, 1.82) is 0 Å². The summed E-state index contributed by atoms with van der Waals surface area (Å²) >= 11 is 1.17. The van der Waals surface area contributed by atoms with Gasteiger partial charge in [-0.1, -0.05) is 0 Å². The first-order chi connectivity index (χ1) is 17.7. The van der Waals surface area contributed by atoms with Gasteiger partial charge in [0.2, 0.25) is 0 Å². The third kappa shape index (κ3) is 7.72. The molecule has 0 aliphatic carbocycles. The average molecular weight is 548 g/mol. The van der Waals surface area contributed by atoms with Gasteiger partial charge in [-0.05, 0) is 6.92 Å². The molecule has 0 bridgehead atoms. The van der Waals surface area contributed by atoms with Gasteiger partial charge in [0.15, 0.2) is 6.29 Å². The van der Waals surface area contributed by atoms with Crippen molar-refractivity contribution >= 4 is 22.8 Å². The zero-order valence-corrected chi connectivity index (χ0v) is 20.9. The number of nitrogens with zero attached hydrogens (tertiary/aromatic N) is 2. The Labute approximate surface area is 216 Å². The largest absolute Gasteiger partial charge is 0.547 e. The van der Waals surface area contributed by atoms with E-state index in [1.807, 2.05) is 0 Å². The van der Waals surface area contributed by atoms with Crippen molar-refractivity contribution in [2.24, 2.45) is 4.99 Å². The van der Waals surface area contributed by atoms with Gasteiger partial charge in [0, 0.05) is 11.8 Å². The molecule has 0 spiro atoms. The van der Waals surface area contributed by atoms with E-state index in [1.54, 1.807) is 0 Å². The van der Waals surface area contributed by atoms with E-state index in [0.29, 0.717) is 10.8 Å². The number of carbonyl (C=O) groups excluding carboxylic acids is 1. The molecule has 0 amide bonds. The maximum Gasteiger partial charge on any atom is 0.186 e. The van der Waals surface area contributed by atoms with E-state index < -0.39 is 48.8 Å². The SMILES string of the molecule is C[C@]1(C(=O)[O-])CSC(c2ncc(OCCOCCOCCO[C@@H]3OC(CO)[C@H](O)C(O)[C@H]3O)cc2O)=N1. The van der Waals surface area contributed by atoms with Crippen LogP contribution in [0.3, 0.4) is 0 Å². The summed E-state index contributed by atoms with van der Waals surface area (Å²) in [5.41, 5.74) is -1.19. The van der Waals surface area contributed by atoms with Crippen LogP contribution in [0.25, 0.3) is 0 Å². The van der Waals surface area contributed by atoms with Crippen molar-refractivity contribution in [3.8, 4) is 11.5 Å². The van der Waals surface area contributed by atoms with Crippen molar-refractivity contribution in [2.75, 3.05) is 52.0 Å². The lowest BCUT2D eigenvalue weighted by atomic mass is 9.99. The van der Waals surface area contributed by atoms with E-state index >= 15 is 0 Å². The lowest BCUT2D eigenvalue weighted by Gasteiger charge is -2.39. The molecule has 2 aliphatic rings. The predicted octanol–water partition coefficient (Wildman–Crippen LogP) is -2.98. The molecular formula is C22H31N2O12S-. The van der Waals surface area contributed by atoms with E-state index in [-0.39, 0.29) is 56.8 Å². The molecule has 1 fully saturated rings. The van der Waals surface area contributed by atoms with Gasteiger partial charge in [-0.3, -0.25) is 4.99 Å². The lowest BCUT2D eigenvalue weighted by Crippen LogP contribution is -2.59. The summed E-state index contributed by atoms with van der Waals surface area (Å²) < 4.78 is 26.8. The average Bonchev–Trinajstić information content (AvgIpc) is 3.28. The topological polar surface area (TPSA) is 213 Å². The highest BCUT2D eigenvalue weighted by Crippen LogP contribution is 2.33. The minimum atomic E-state index is -1.50. The number of ether oxygens (including phenoxy) is 5. The molecule has 3 heterocycles. The Kier molecular flexibility index (Phi) is 10.9. The molecule has 1 aromatic heterocycles. The standard InChI is InChI=1S/C22H32N2O12S/c1-22(21(30)31)11-37-19(24-22)15-13(26)8-12(9-23-15)34-6-4-32-2-3-33-5-7-35-20-18(29)17(28)16(27)14(10-25)36-20/h8-9,14,16-18,20,25-29H,2-7,10-11H2,1H3,(H,30,31)/p-1/t14?,16-,17?,18+,20+,22+/m0/s1. The zero-order chi connectivity index (χ0) is 27.0. The van der Waals surface area contributed by atoms with Crippen LogP contribution >= 0.6 is 11.8 Å². The lowest BCUT2D eigenvalue weighted by molar-refractivity contribution is -0.311. The van der Waals surface area contributed by atoms with Gasteiger partial charge in [0.25, 0.3) is 0 Å². The molecule has 37 heavy (non-hydrogen) atoms. The maximum absolute atomic E-state index is 11.2. The van der Waals surface area contributed by atoms with Gasteiger partial charge >= 0.3 is 0 Å². The second kappa shape index (κ2) is 13.6. The summed E-state index contributed by atoms with van der Waals surface area (Å²) in [6.45, 7) is 2.03. The predicted molar refractivity (Wildman–Crippen MR) is 125 cm³/mol. The number of hydrogen-bond acceptors (Lipinski definition) is 15. The van der Waals surface area contributed by atoms with Gasteiger partial charge < -0.3 is 59.1 Å². The number of aliphatic imine (C=N–C) groups is 1. The monoisotopic (exact) mass is 547 g/mol. The smallest absolute Gasteiger partial charge is 0.186 e. The normalized spacial score (nSPS) is 29.8. The number of carbonyl (C=O) groups is 1. The van der Waals surface area contributed by atoms with E-state index in [9.17, 15) is 30.3 Å². The molecule has 3 rings (SSSR count). The summed E-state index contributed by atoms with van der Waals surface area (Å²) in [6.07, 6.45) is -5.26. The van der Waals surface area contributed by atoms with Gasteiger partial charge in [0.05, 0.1) is 51.8 Å². The number of rotatable bonds is 14. The first-order valence-corrected chi connectivity index (χ1v) is 12.5. The Morgan fingerprint density at radius 3 is 2.43 bits per heavy atom. The number of aliphatic carboxylic acids is 1. The van der Waals surface area contributed by atoms with E-state index in [4.69, 9.17) is 28.8 Å². The Morgan fingerprint density at radius 1 is 1.14 bits per heavy atom. The molecule has 0 aromatic carbocycles. The number of aliphatic hydroxyl groups is 4. The minimum Gasteiger partial charge on any atom is -0.547 e. The van der Waals surface area contributed by atoms with Crippen LogP contribution in [0, 0.1) is 0 Å². The Hall–Kier alpha value is -2.08. The van der Waals surface area contributed by atoms with Crippen molar-refractivity contribution in [2.45, 2.75) is 43.2 Å². The van der Waals surface area contributed by atoms with Crippen LogP contribution in [0.4, 0.5) is 0 Å². The number of aromatic nitrogens is 1. The summed E-state index contributed by atoms with van der Waals surface area (Å²) in [5.74, 6) is -0.985. The summed E-state index contributed by atoms with van der Waals surface area (Å²) in [4.78, 5) is 19.4. The van der Waals surface area contributed by atoms with Gasteiger partial charge in [0.1, 0.15) is 58.8 Å². The molecule has 2 aliphatic heterocycles. The fraction of sp³-hybridized carbons (Fsp3) is 0.682. The van der Waals surface area contributed by atoms with Gasteiger partial charge in [-0.25, -0.2) is 4.98 Å². The molecule has 0 saturated carbocycles. The van der Waals surface area contributed by atoms with E-state index in [1.165, 1.54) is 30.9 Å². The van der Waals surface area contributed by atoms with Crippen molar-refractivity contribution in [1.82, 2.24) is 4.98 Å². The van der Waals surface area contributed by atoms with Gasteiger partial charge in [-0.2, -0.15) is 0 Å². The number of aliphatic hydroxyl groups excluding tert-OH is 4. The Morgan fingerprint density at radius 2 is 1.81 bits per heavy atom. The Bertz CT molecular complexity index is 935. The molecule has 6 atom stereocenters. The molecule has 5 N–H and O–H groups in total. The molecule has 15 heteroatoms. The quantitative estimate of drug-likeness (QED) is 0.147. The minimum absolute atomic E-state index is 0.0374. The number of hydrogen-bond donors (Lipinski definition) is 5. The van der Waals surface area contributed by atoms with Crippen LogP contribution in [0.5, 0.6) is 11.5 Å². The van der Waals surface area contributed by atoms with E-state index in [2.05, 4.69) is 9.98 Å². The summed E-state index contributed by atoms with van der Waals surface area (Å²) in [7, 11) is 0. The summed E-state index contributed by atoms with van der Waals surface area (Å²) in [5, 5.41) is 60.3. The first-order valence-electron chi connectivity index (χ1n) is 11.5. The van der Waals surface area contributed by atoms with Crippen LogP contribution in [0.2, 0.25) is 0 Å². The highest BCUT2D eigenvalue weighted by Gasteiger charge is 2.44. The second-order valence-corrected chi connectivity index (χ2v) is 9.41. The number of thioether (sulfide) groups is 1. The highest BCUT2D eigenvalue weighted by molar-refractivity contribution is 8.14. The van der Waals surface area contributed by atoms with Crippen LogP contribution in [-0.2, 0) is 23.7 Å². The second-order valence-electron chi connectivity index (χ2n) is 8.45. The molecular weight excluding hydrogens is 516 g/mol. The van der Waals surface area contributed by atoms with Crippen LogP contribution in [0.1, 0.15) is 12.6 Å². The van der Waals surface area contributed by atoms with Crippen LogP contribution < -0.4 is 9.84 Å². The van der Waals surface area contributed by atoms with Crippen molar-refractivity contribution < 1.29 is 59.1 Å². The first kappa shape index (κ1) is 29.5. The summed E-state index contributed by atoms with van der Waals surface area (Å²) in [6, 6.07) is 1.36. The number of carboxylic acid groups (broad SMARTS) is 1. The highest BCUT2D eigenvalue weighted by atomic mass is 32.2. The fourth-order valence-electron chi connectivity index (χ4n) is 3.37. The number of carboxylic acids is 1. The van der Waals surface area contributed by atoms with E-state index in [0.717, 1.165) is 0 Å². The molecule has 0 radical (unpaired) electrons. The van der Waals surface area contributed by atoms with Gasteiger partial charge in [-0.15, -0.1) is 11.8 Å². The van der Waals surface area contributed by atoms with Crippen molar-refractivity contribution in [3.63, 3.8) is 0 Å². The molecule has 2 unspecified atom stereocenters. The third-order valence-electron chi connectivity index (χ3n) is 5.55. The third-order valence-corrected chi connectivity index (χ3v) is 6.81. The molecule has 208 valence electrons. The molecule has 14 nitrogen and oxygen atoms in total. The van der Waals surface area contributed by atoms with Crippen LogP contribution in [-0.4, -0.2) is 130 Å². The van der Waals surface area contributed by atoms with Crippen molar-refractivity contribution in [3.05, 3.63) is 18.0 Å². The molecule has 1 saturated heterocycles.